The summed E-state index contributed by atoms with van der Waals surface area (Å²) in [6, 6.07) is 70.4. The average molecular weight is 987 g/mol. The Hall–Kier alpha value is -5.90. The molecule has 0 amide bonds. The van der Waals surface area contributed by atoms with E-state index in [4.69, 9.17) is 52.1 Å². The zero-order chi connectivity index (χ0) is 49.7. The SMILES string of the molecule is CO[C@H]1O[C@H](COCc2ccccc2)[C@@H](O[C@H]2O[C@H]([C@@H](COCc3ccccc3)OCc3ccccc3)[C@H](OCc3ccccc3)[C@@H]2OCc2ccccc2)[C@H](OCc2ccccc2)[C@H]1OCc1ccccc1. The number of hydrogen-bond donors (Lipinski definition) is 0. The summed E-state index contributed by atoms with van der Waals surface area (Å²) in [6.07, 6.45) is -7.91. The lowest BCUT2D eigenvalue weighted by atomic mass is 9.97. The molecular weight excluding hydrogens is 921 g/mol. The highest BCUT2D eigenvalue weighted by Crippen LogP contribution is 2.38. The maximum atomic E-state index is 7.46. The van der Waals surface area contributed by atoms with Crippen molar-refractivity contribution in [2.24, 2.45) is 0 Å². The van der Waals surface area contributed by atoms with Gasteiger partial charge in [-0.05, 0) is 38.9 Å². The number of rotatable bonds is 27. The van der Waals surface area contributed by atoms with Crippen LogP contribution in [0.3, 0.4) is 0 Å². The molecule has 380 valence electrons. The van der Waals surface area contributed by atoms with Gasteiger partial charge in [0.1, 0.15) is 48.8 Å². The molecule has 0 bridgehead atoms. The van der Waals surface area contributed by atoms with E-state index in [2.05, 4.69) is 0 Å². The summed E-state index contributed by atoms with van der Waals surface area (Å²) in [6.45, 7) is 2.39. The fourth-order valence-corrected chi connectivity index (χ4v) is 9.13. The lowest BCUT2D eigenvalue weighted by molar-refractivity contribution is -0.344. The molecule has 2 heterocycles. The van der Waals surface area contributed by atoms with Crippen LogP contribution in [-0.4, -0.2) is 81.7 Å². The molecule has 0 saturated carbocycles. The molecule has 11 nitrogen and oxygen atoms in total. The zero-order valence-corrected chi connectivity index (χ0v) is 41.3. The van der Waals surface area contributed by atoms with Crippen molar-refractivity contribution in [2.45, 2.75) is 108 Å². The van der Waals surface area contributed by atoms with Gasteiger partial charge in [-0.1, -0.05) is 212 Å². The highest BCUT2D eigenvalue weighted by molar-refractivity contribution is 5.19. The Morgan fingerprint density at radius 1 is 0.356 bits per heavy atom. The molecule has 0 radical (unpaired) electrons. The molecule has 11 heteroatoms. The van der Waals surface area contributed by atoms with Gasteiger partial charge in [0.05, 0.1) is 59.5 Å². The van der Waals surface area contributed by atoms with E-state index in [0.29, 0.717) is 19.8 Å². The molecule has 0 aliphatic carbocycles. The molecule has 7 aromatic carbocycles. The maximum absolute atomic E-state index is 7.46. The van der Waals surface area contributed by atoms with Crippen LogP contribution in [0.25, 0.3) is 0 Å². The van der Waals surface area contributed by atoms with Crippen LogP contribution in [0.5, 0.6) is 0 Å². The molecule has 2 aliphatic heterocycles. The van der Waals surface area contributed by atoms with E-state index in [-0.39, 0.29) is 39.6 Å². The molecule has 73 heavy (non-hydrogen) atoms. The normalized spacial score (nSPS) is 23.3. The average Bonchev–Trinajstić information content (AvgIpc) is 3.79. The summed E-state index contributed by atoms with van der Waals surface area (Å²) >= 11 is 0. The van der Waals surface area contributed by atoms with Gasteiger partial charge in [0.15, 0.2) is 12.6 Å². The van der Waals surface area contributed by atoms with Crippen LogP contribution >= 0.6 is 0 Å². The third-order valence-electron chi connectivity index (χ3n) is 12.9. The number of benzene rings is 7. The highest BCUT2D eigenvalue weighted by Gasteiger charge is 2.55. The molecule has 0 N–H and O–H groups in total. The third-order valence-corrected chi connectivity index (χ3v) is 12.9. The molecule has 9 rings (SSSR count). The smallest absolute Gasteiger partial charge is 0.187 e. The van der Waals surface area contributed by atoms with E-state index < -0.39 is 61.4 Å². The summed E-state index contributed by atoms with van der Waals surface area (Å²) in [4.78, 5) is 0. The van der Waals surface area contributed by atoms with Crippen LogP contribution in [0.4, 0.5) is 0 Å². The zero-order valence-electron chi connectivity index (χ0n) is 41.3. The topological polar surface area (TPSA) is 102 Å². The first-order chi connectivity index (χ1) is 36.2. The van der Waals surface area contributed by atoms with E-state index in [9.17, 15) is 0 Å². The van der Waals surface area contributed by atoms with Crippen LogP contribution in [-0.2, 0) is 98.4 Å². The summed E-state index contributed by atoms with van der Waals surface area (Å²) in [5, 5.41) is 0. The van der Waals surface area contributed by atoms with Crippen LogP contribution in [0.1, 0.15) is 38.9 Å². The minimum Gasteiger partial charge on any atom is -0.374 e. The van der Waals surface area contributed by atoms with Crippen molar-refractivity contribution in [3.05, 3.63) is 251 Å². The van der Waals surface area contributed by atoms with Gasteiger partial charge in [-0.25, -0.2) is 0 Å². The molecule has 0 unspecified atom stereocenters. The van der Waals surface area contributed by atoms with E-state index in [0.717, 1.165) is 38.9 Å². The summed E-state index contributed by atoms with van der Waals surface area (Å²) < 4.78 is 75.5. The second kappa shape index (κ2) is 28.0. The molecule has 10 atom stereocenters. The Kier molecular flexibility index (Phi) is 19.9. The lowest BCUT2D eigenvalue weighted by Crippen LogP contribution is -2.62. The van der Waals surface area contributed by atoms with Gasteiger partial charge in [0.25, 0.3) is 0 Å². The molecular formula is C62H66O11. The first-order valence-electron chi connectivity index (χ1n) is 25.2. The quantitative estimate of drug-likeness (QED) is 0.0492. The van der Waals surface area contributed by atoms with E-state index in [1.165, 1.54) is 0 Å². The van der Waals surface area contributed by atoms with Gasteiger partial charge in [-0.2, -0.15) is 0 Å². The fraction of sp³-hybridized carbons (Fsp3) is 0.323. The first-order valence-corrected chi connectivity index (χ1v) is 25.2. The molecule has 0 aromatic heterocycles. The van der Waals surface area contributed by atoms with Gasteiger partial charge in [0.2, 0.25) is 0 Å². The summed E-state index contributed by atoms with van der Waals surface area (Å²) in [7, 11) is 1.61. The lowest BCUT2D eigenvalue weighted by Gasteiger charge is -2.46. The second-order valence-corrected chi connectivity index (χ2v) is 18.2. The Balaban J connectivity index is 1.09. The van der Waals surface area contributed by atoms with E-state index in [1.54, 1.807) is 7.11 Å². The minimum absolute atomic E-state index is 0.131. The third kappa shape index (κ3) is 15.3. The first kappa shape index (κ1) is 52.0. The standard InChI is InChI=1S/C62H66O11/c1-63-61-59(69-42-51-33-19-7-20-34-51)58(68-41-50-31-17-6-18-32-50)56(54(71-61)45-65-38-47-25-11-3-12-26-47)73-62-60(70-43-52-35-21-8-22-36-52)57(67-40-49-29-15-5-16-30-49)55(72-62)53(66-39-48-27-13-4-14-28-48)44-64-37-46-23-9-2-10-24-46/h2-36,53-62H,37-45H2,1H3/t53-,54-,55-,56-,57+,58+,59-,60+,61+,62-/m1/s1. The Bertz CT molecular complexity index is 2560. The fourth-order valence-electron chi connectivity index (χ4n) is 9.13. The van der Waals surface area contributed by atoms with Crippen molar-refractivity contribution in [3.63, 3.8) is 0 Å². The van der Waals surface area contributed by atoms with Crippen LogP contribution in [0.15, 0.2) is 212 Å². The van der Waals surface area contributed by atoms with E-state index in [1.807, 2.05) is 212 Å². The highest BCUT2D eigenvalue weighted by atomic mass is 16.8. The molecule has 7 aromatic rings. The van der Waals surface area contributed by atoms with Gasteiger partial charge in [0, 0.05) is 7.11 Å². The van der Waals surface area contributed by atoms with Crippen LogP contribution < -0.4 is 0 Å². The van der Waals surface area contributed by atoms with Crippen molar-refractivity contribution in [2.75, 3.05) is 20.3 Å². The van der Waals surface area contributed by atoms with E-state index >= 15 is 0 Å². The predicted molar refractivity (Wildman–Crippen MR) is 276 cm³/mol. The van der Waals surface area contributed by atoms with Crippen LogP contribution in [0, 0.1) is 0 Å². The number of ether oxygens (including phenoxy) is 11. The van der Waals surface area contributed by atoms with Gasteiger partial charge >= 0.3 is 0 Å². The molecule has 2 aliphatic rings. The molecule has 2 fully saturated rings. The minimum atomic E-state index is -1.05. The van der Waals surface area contributed by atoms with Crippen molar-refractivity contribution >= 4 is 0 Å². The van der Waals surface area contributed by atoms with Crippen LogP contribution in [0.2, 0.25) is 0 Å². The number of methoxy groups -OCH3 is 1. The van der Waals surface area contributed by atoms with Gasteiger partial charge < -0.3 is 52.1 Å². The summed E-state index contributed by atoms with van der Waals surface area (Å²) in [5.41, 5.74) is 6.99. The maximum Gasteiger partial charge on any atom is 0.187 e. The monoisotopic (exact) mass is 986 g/mol. The van der Waals surface area contributed by atoms with Gasteiger partial charge in [-0.3, -0.25) is 0 Å². The van der Waals surface area contributed by atoms with Crippen molar-refractivity contribution < 1.29 is 52.1 Å². The van der Waals surface area contributed by atoms with Gasteiger partial charge in [-0.15, -0.1) is 0 Å². The predicted octanol–water partition coefficient (Wildman–Crippen LogP) is 10.8. The Labute approximate surface area is 429 Å². The molecule has 0 spiro atoms. The second-order valence-electron chi connectivity index (χ2n) is 18.2. The number of hydrogen-bond acceptors (Lipinski definition) is 11. The largest absolute Gasteiger partial charge is 0.374 e. The Morgan fingerprint density at radius 2 is 0.712 bits per heavy atom. The van der Waals surface area contributed by atoms with Crippen molar-refractivity contribution in [1.29, 1.82) is 0 Å². The summed E-state index contributed by atoms with van der Waals surface area (Å²) in [5.74, 6) is 0. The molecule has 2 saturated heterocycles. The van der Waals surface area contributed by atoms with Crippen molar-refractivity contribution in [3.8, 4) is 0 Å². The Morgan fingerprint density at radius 3 is 1.14 bits per heavy atom. The van der Waals surface area contributed by atoms with Crippen molar-refractivity contribution in [1.82, 2.24) is 0 Å².